The fraction of sp³-hybridized carbons (Fsp3) is 0.188. The third-order valence-corrected chi connectivity index (χ3v) is 2.86. The van der Waals surface area contributed by atoms with Crippen molar-refractivity contribution in [3.8, 4) is 34.5 Å². The summed E-state index contributed by atoms with van der Waals surface area (Å²) in [6.07, 6.45) is 0. The lowest BCUT2D eigenvalue weighted by Crippen LogP contribution is -2.18. The van der Waals surface area contributed by atoms with Crippen LogP contribution < -0.4 is 18.9 Å². The van der Waals surface area contributed by atoms with E-state index in [0.717, 1.165) is 0 Å². The number of hydrogen-bond acceptors (Lipinski definition) is 7. The first kappa shape index (κ1) is 16.3. The molecule has 0 unspecified atom stereocenters. The van der Waals surface area contributed by atoms with Gasteiger partial charge in [0.25, 0.3) is 0 Å². The number of rotatable bonds is 6. The van der Waals surface area contributed by atoms with Crippen molar-refractivity contribution in [2.45, 2.75) is 0 Å². The zero-order valence-corrected chi connectivity index (χ0v) is 12.6. The molecule has 23 heavy (non-hydrogen) atoms. The number of methoxy groups -OCH3 is 2. The molecule has 2 aromatic carbocycles. The first-order chi connectivity index (χ1) is 11.0. The van der Waals surface area contributed by atoms with Gasteiger partial charge in [-0.05, 0) is 24.3 Å². The van der Waals surface area contributed by atoms with Crippen molar-refractivity contribution < 1.29 is 34.0 Å². The molecule has 0 aliphatic heterocycles. The number of esters is 1. The molecule has 0 atom stereocenters. The van der Waals surface area contributed by atoms with Crippen LogP contribution in [0.15, 0.2) is 36.4 Å². The van der Waals surface area contributed by atoms with Crippen LogP contribution in [0.4, 0.5) is 0 Å². The van der Waals surface area contributed by atoms with Crippen LogP contribution in [0, 0.1) is 0 Å². The van der Waals surface area contributed by atoms with Crippen LogP contribution in [0.5, 0.6) is 34.5 Å². The highest BCUT2D eigenvalue weighted by atomic mass is 16.6. The predicted octanol–water partition coefficient (Wildman–Crippen LogP) is 2.10. The Labute approximate surface area is 132 Å². The van der Waals surface area contributed by atoms with Gasteiger partial charge in [0.05, 0.1) is 14.2 Å². The van der Waals surface area contributed by atoms with Crippen molar-refractivity contribution >= 4 is 5.97 Å². The molecule has 7 nitrogen and oxygen atoms in total. The summed E-state index contributed by atoms with van der Waals surface area (Å²) < 4.78 is 20.5. The summed E-state index contributed by atoms with van der Waals surface area (Å²) in [7, 11) is 2.81. The number of ether oxygens (including phenoxy) is 4. The maximum Gasteiger partial charge on any atom is 0.349 e. The van der Waals surface area contributed by atoms with Gasteiger partial charge >= 0.3 is 5.97 Å². The molecular formula is C16H16O7. The van der Waals surface area contributed by atoms with E-state index in [0.29, 0.717) is 11.5 Å². The van der Waals surface area contributed by atoms with Crippen LogP contribution in [0.2, 0.25) is 0 Å². The molecule has 0 aliphatic carbocycles. The number of carbonyl (C=O) groups is 1. The third kappa shape index (κ3) is 4.19. The highest BCUT2D eigenvalue weighted by Gasteiger charge is 2.13. The van der Waals surface area contributed by atoms with Crippen molar-refractivity contribution in [3.05, 3.63) is 36.4 Å². The van der Waals surface area contributed by atoms with Gasteiger partial charge in [-0.3, -0.25) is 0 Å². The Kier molecular flexibility index (Phi) is 5.14. The fourth-order valence-electron chi connectivity index (χ4n) is 1.80. The Bertz CT molecular complexity index is 697. The molecule has 0 fully saturated rings. The standard InChI is InChI=1S/C16H16O7/c1-20-14-7-10(17)3-5-12(14)22-9-16(19)23-13-6-4-11(18)8-15(13)21-2/h3-8,17-18H,9H2,1-2H3. The summed E-state index contributed by atoms with van der Waals surface area (Å²) in [6, 6.07) is 8.35. The lowest BCUT2D eigenvalue weighted by atomic mass is 10.3. The minimum Gasteiger partial charge on any atom is -0.508 e. The van der Waals surface area contributed by atoms with Crippen LogP contribution >= 0.6 is 0 Å². The minimum atomic E-state index is -0.663. The molecule has 0 heterocycles. The number of carbonyl (C=O) groups excluding carboxylic acids is 1. The number of phenolic OH excluding ortho intramolecular Hbond substituents is 2. The van der Waals surface area contributed by atoms with Gasteiger partial charge in [-0.2, -0.15) is 0 Å². The zero-order chi connectivity index (χ0) is 16.8. The first-order valence-corrected chi connectivity index (χ1v) is 6.61. The van der Waals surface area contributed by atoms with Crippen LogP contribution in [0.3, 0.4) is 0 Å². The molecule has 0 aromatic heterocycles. The lowest BCUT2D eigenvalue weighted by molar-refractivity contribution is -0.136. The summed E-state index contributed by atoms with van der Waals surface area (Å²) >= 11 is 0. The molecule has 0 amide bonds. The molecule has 0 bridgehead atoms. The van der Waals surface area contributed by atoms with Crippen molar-refractivity contribution in [3.63, 3.8) is 0 Å². The Balaban J connectivity index is 2.01. The van der Waals surface area contributed by atoms with Gasteiger partial charge in [0.1, 0.15) is 11.5 Å². The first-order valence-electron chi connectivity index (χ1n) is 6.61. The quantitative estimate of drug-likeness (QED) is 0.621. The molecule has 0 spiro atoms. The maximum atomic E-state index is 11.8. The topological polar surface area (TPSA) is 94.5 Å². The highest BCUT2D eigenvalue weighted by Crippen LogP contribution is 2.32. The van der Waals surface area contributed by atoms with Gasteiger partial charge in [-0.1, -0.05) is 0 Å². The molecule has 0 saturated carbocycles. The van der Waals surface area contributed by atoms with Crippen molar-refractivity contribution in [2.75, 3.05) is 20.8 Å². The van der Waals surface area contributed by atoms with E-state index < -0.39 is 5.97 Å². The minimum absolute atomic E-state index is 0.00766. The van der Waals surface area contributed by atoms with E-state index in [2.05, 4.69) is 0 Å². The van der Waals surface area contributed by atoms with Crippen molar-refractivity contribution in [1.82, 2.24) is 0 Å². The predicted molar refractivity (Wildman–Crippen MR) is 80.4 cm³/mol. The van der Waals surface area contributed by atoms with E-state index in [9.17, 15) is 15.0 Å². The summed E-state index contributed by atoms with van der Waals surface area (Å²) in [5.74, 6) is 0.318. The van der Waals surface area contributed by atoms with E-state index in [1.165, 1.54) is 50.6 Å². The SMILES string of the molecule is COc1cc(O)ccc1OCC(=O)Oc1ccc(O)cc1OC. The van der Waals surface area contributed by atoms with Crippen LogP contribution in [-0.4, -0.2) is 37.0 Å². The van der Waals surface area contributed by atoms with Gasteiger partial charge in [-0.25, -0.2) is 4.79 Å². The Morgan fingerprint density at radius 2 is 1.39 bits per heavy atom. The summed E-state index contributed by atoms with van der Waals surface area (Å²) in [4.78, 5) is 11.8. The average molecular weight is 320 g/mol. The molecule has 2 aromatic rings. The molecule has 7 heteroatoms. The maximum absolute atomic E-state index is 11.8. The smallest absolute Gasteiger partial charge is 0.349 e. The Morgan fingerprint density at radius 3 is 1.96 bits per heavy atom. The molecule has 122 valence electrons. The van der Waals surface area contributed by atoms with Gasteiger partial charge in [0.15, 0.2) is 29.6 Å². The highest BCUT2D eigenvalue weighted by molar-refractivity contribution is 5.75. The van der Waals surface area contributed by atoms with Crippen LogP contribution in [-0.2, 0) is 4.79 Å². The molecule has 0 radical (unpaired) electrons. The second-order valence-corrected chi connectivity index (χ2v) is 4.43. The van der Waals surface area contributed by atoms with E-state index in [1.54, 1.807) is 0 Å². The van der Waals surface area contributed by atoms with E-state index in [1.807, 2.05) is 0 Å². The Morgan fingerprint density at radius 1 is 0.870 bits per heavy atom. The molecule has 0 aliphatic rings. The van der Waals surface area contributed by atoms with E-state index in [4.69, 9.17) is 18.9 Å². The normalized spacial score (nSPS) is 10.0. The van der Waals surface area contributed by atoms with Crippen molar-refractivity contribution in [1.29, 1.82) is 0 Å². The monoisotopic (exact) mass is 320 g/mol. The summed E-state index contributed by atoms with van der Waals surface area (Å²) in [5, 5.41) is 18.7. The zero-order valence-electron chi connectivity index (χ0n) is 12.6. The molecule has 0 saturated heterocycles. The van der Waals surface area contributed by atoms with Gasteiger partial charge in [0, 0.05) is 12.1 Å². The number of benzene rings is 2. The fourth-order valence-corrected chi connectivity index (χ4v) is 1.80. The largest absolute Gasteiger partial charge is 0.508 e. The van der Waals surface area contributed by atoms with Gasteiger partial charge < -0.3 is 29.2 Å². The van der Waals surface area contributed by atoms with Crippen molar-refractivity contribution in [2.24, 2.45) is 0 Å². The number of aromatic hydroxyl groups is 2. The number of hydrogen-bond donors (Lipinski definition) is 2. The van der Waals surface area contributed by atoms with Gasteiger partial charge in [0.2, 0.25) is 0 Å². The second kappa shape index (κ2) is 7.26. The summed E-state index contributed by atoms with van der Waals surface area (Å²) in [6.45, 7) is -0.370. The van der Waals surface area contributed by atoms with Crippen LogP contribution in [0.1, 0.15) is 0 Å². The average Bonchev–Trinajstić information content (AvgIpc) is 2.55. The van der Waals surface area contributed by atoms with Gasteiger partial charge in [-0.15, -0.1) is 0 Å². The van der Waals surface area contributed by atoms with E-state index >= 15 is 0 Å². The second-order valence-electron chi connectivity index (χ2n) is 4.43. The van der Waals surface area contributed by atoms with Crippen LogP contribution in [0.25, 0.3) is 0 Å². The molecule has 2 rings (SSSR count). The molecule has 2 N–H and O–H groups in total. The number of phenols is 2. The Hall–Kier alpha value is -3.09. The third-order valence-electron chi connectivity index (χ3n) is 2.86. The summed E-state index contributed by atoms with van der Waals surface area (Å²) in [5.41, 5.74) is 0. The van der Waals surface area contributed by atoms with E-state index in [-0.39, 0.29) is 29.6 Å². The molecular weight excluding hydrogens is 304 g/mol. The lowest BCUT2D eigenvalue weighted by Gasteiger charge is -2.12.